The average molecular weight is 427 g/mol. The van der Waals surface area contributed by atoms with Crippen LogP contribution in [0.2, 0.25) is 0 Å². The van der Waals surface area contributed by atoms with E-state index < -0.39 is 5.60 Å². The van der Waals surface area contributed by atoms with Crippen LogP contribution in [-0.4, -0.2) is 22.4 Å². The molecule has 2 heteroatoms. The van der Waals surface area contributed by atoms with Crippen LogP contribution >= 0.6 is 0 Å². The highest BCUT2D eigenvalue weighted by atomic mass is 16.3. The molecule has 0 fully saturated rings. The summed E-state index contributed by atoms with van der Waals surface area (Å²) in [6, 6.07) is 0. The van der Waals surface area contributed by atoms with Gasteiger partial charge in [0.2, 0.25) is 0 Å². The van der Waals surface area contributed by atoms with E-state index >= 15 is 0 Å². The van der Waals surface area contributed by atoms with E-state index in [0.717, 1.165) is 38.5 Å². The van der Waals surface area contributed by atoms with Gasteiger partial charge in [-0.25, -0.2) is 0 Å². The summed E-state index contributed by atoms with van der Waals surface area (Å²) in [6.45, 7) is 4.76. The van der Waals surface area contributed by atoms with Crippen molar-refractivity contribution in [2.45, 2.75) is 174 Å². The van der Waals surface area contributed by atoms with Gasteiger partial charge in [0, 0.05) is 6.61 Å². The molecule has 0 aliphatic carbocycles. The van der Waals surface area contributed by atoms with Gasteiger partial charge < -0.3 is 10.2 Å². The van der Waals surface area contributed by atoms with Gasteiger partial charge in [-0.2, -0.15) is 0 Å². The topological polar surface area (TPSA) is 40.5 Å². The van der Waals surface area contributed by atoms with Crippen molar-refractivity contribution in [1.82, 2.24) is 0 Å². The summed E-state index contributed by atoms with van der Waals surface area (Å²) in [5.41, 5.74) is -0.525. The van der Waals surface area contributed by atoms with Gasteiger partial charge in [-0.1, -0.05) is 142 Å². The zero-order chi connectivity index (χ0) is 22.2. The summed E-state index contributed by atoms with van der Waals surface area (Å²) >= 11 is 0. The minimum atomic E-state index is -0.525. The van der Waals surface area contributed by atoms with E-state index in [0.29, 0.717) is 0 Å². The molecule has 0 aliphatic rings. The molecule has 0 spiro atoms. The summed E-state index contributed by atoms with van der Waals surface area (Å²) in [7, 11) is 0. The van der Waals surface area contributed by atoms with Crippen LogP contribution in [-0.2, 0) is 0 Å². The molecular weight excluding hydrogens is 368 g/mol. The molecule has 0 saturated carbocycles. The van der Waals surface area contributed by atoms with Crippen molar-refractivity contribution in [2.75, 3.05) is 6.61 Å². The van der Waals surface area contributed by atoms with Gasteiger partial charge in [-0.3, -0.25) is 0 Å². The summed E-state index contributed by atoms with van der Waals surface area (Å²) in [5, 5.41) is 20.3. The lowest BCUT2D eigenvalue weighted by atomic mass is 9.86. The van der Waals surface area contributed by atoms with Crippen LogP contribution in [0.3, 0.4) is 0 Å². The number of aliphatic hydroxyl groups is 2. The van der Waals surface area contributed by atoms with Gasteiger partial charge in [0.05, 0.1) is 5.60 Å². The Morgan fingerprint density at radius 2 is 0.667 bits per heavy atom. The van der Waals surface area contributed by atoms with Crippen molar-refractivity contribution >= 4 is 0 Å². The predicted octanol–water partition coefficient (Wildman–Crippen LogP) is 9.11. The monoisotopic (exact) mass is 426 g/mol. The molecule has 0 saturated heterocycles. The molecule has 182 valence electrons. The third kappa shape index (κ3) is 21.2. The zero-order valence-electron chi connectivity index (χ0n) is 21.1. The van der Waals surface area contributed by atoms with E-state index in [9.17, 15) is 10.2 Å². The van der Waals surface area contributed by atoms with Gasteiger partial charge in [0.1, 0.15) is 0 Å². The summed E-state index contributed by atoms with van der Waals surface area (Å²) in [5.74, 6) is 0. The molecule has 30 heavy (non-hydrogen) atoms. The predicted molar refractivity (Wildman–Crippen MR) is 134 cm³/mol. The first-order chi connectivity index (χ1) is 14.7. The Bertz CT molecular complexity index is 292. The molecule has 0 aromatic heterocycles. The van der Waals surface area contributed by atoms with Crippen LogP contribution in [0.4, 0.5) is 0 Å². The molecule has 0 aliphatic heterocycles. The molecular formula is C28H58O2. The fraction of sp³-hybridized carbons (Fsp3) is 1.00. The van der Waals surface area contributed by atoms with Gasteiger partial charge in [0.15, 0.2) is 0 Å². The molecule has 0 unspecified atom stereocenters. The molecule has 0 aromatic carbocycles. The molecule has 2 N–H and O–H groups in total. The van der Waals surface area contributed by atoms with Gasteiger partial charge in [-0.05, 0) is 25.7 Å². The smallest absolute Gasteiger partial charge is 0.0648 e. The van der Waals surface area contributed by atoms with E-state index in [1.807, 2.05) is 0 Å². The second kappa shape index (κ2) is 23.6. The average Bonchev–Trinajstić information content (AvgIpc) is 2.75. The maximum atomic E-state index is 11.1. The molecule has 0 amide bonds. The first-order valence-corrected chi connectivity index (χ1v) is 14.0. The number of rotatable bonds is 25. The number of unbranched alkanes of at least 4 members (excludes halogenated alkanes) is 18. The Balaban J connectivity index is 3.72. The van der Waals surface area contributed by atoms with Crippen molar-refractivity contribution in [3.8, 4) is 0 Å². The Morgan fingerprint density at radius 3 is 0.967 bits per heavy atom. The third-order valence-electron chi connectivity index (χ3n) is 6.79. The molecule has 0 heterocycles. The molecule has 0 rings (SSSR count). The second-order valence-corrected chi connectivity index (χ2v) is 9.92. The highest BCUT2D eigenvalue weighted by molar-refractivity contribution is 4.78. The number of hydrogen-bond donors (Lipinski definition) is 2. The van der Waals surface area contributed by atoms with Crippen molar-refractivity contribution < 1.29 is 10.2 Å². The molecule has 0 bridgehead atoms. The second-order valence-electron chi connectivity index (χ2n) is 9.92. The Kier molecular flexibility index (Phi) is 23.5. The minimum Gasteiger partial charge on any atom is -0.396 e. The lowest BCUT2D eigenvalue weighted by Gasteiger charge is -2.28. The fourth-order valence-electron chi connectivity index (χ4n) is 4.67. The third-order valence-corrected chi connectivity index (χ3v) is 6.79. The summed E-state index contributed by atoms with van der Waals surface area (Å²) in [4.78, 5) is 0. The van der Waals surface area contributed by atoms with E-state index in [2.05, 4.69) is 13.8 Å². The highest BCUT2D eigenvalue weighted by Crippen LogP contribution is 2.28. The molecule has 0 atom stereocenters. The minimum absolute atomic E-state index is 0.207. The maximum Gasteiger partial charge on any atom is 0.0648 e. The van der Waals surface area contributed by atoms with Crippen molar-refractivity contribution in [1.29, 1.82) is 0 Å². The van der Waals surface area contributed by atoms with Gasteiger partial charge in [-0.15, -0.1) is 0 Å². The number of hydrogen-bond acceptors (Lipinski definition) is 2. The Hall–Kier alpha value is -0.0800. The SMILES string of the molecule is CCCCCCCCCCCCC(O)(CCCO)CCCCCCCCCCCC. The Morgan fingerprint density at radius 1 is 0.400 bits per heavy atom. The van der Waals surface area contributed by atoms with Crippen LogP contribution in [0.15, 0.2) is 0 Å². The van der Waals surface area contributed by atoms with Crippen LogP contribution in [0, 0.1) is 0 Å². The van der Waals surface area contributed by atoms with Gasteiger partial charge in [0.25, 0.3) is 0 Å². The van der Waals surface area contributed by atoms with Crippen LogP contribution in [0.1, 0.15) is 168 Å². The van der Waals surface area contributed by atoms with E-state index in [1.54, 1.807) is 0 Å². The van der Waals surface area contributed by atoms with Crippen LogP contribution < -0.4 is 0 Å². The quantitative estimate of drug-likeness (QED) is 0.143. The highest BCUT2D eigenvalue weighted by Gasteiger charge is 2.25. The van der Waals surface area contributed by atoms with Crippen LogP contribution in [0.25, 0.3) is 0 Å². The Labute approximate surface area is 190 Å². The normalized spacial score (nSPS) is 12.0. The van der Waals surface area contributed by atoms with Gasteiger partial charge >= 0.3 is 0 Å². The van der Waals surface area contributed by atoms with Crippen molar-refractivity contribution in [2.24, 2.45) is 0 Å². The summed E-state index contributed by atoms with van der Waals surface area (Å²) < 4.78 is 0. The molecule has 0 aromatic rings. The van der Waals surface area contributed by atoms with Crippen molar-refractivity contribution in [3.63, 3.8) is 0 Å². The fourth-order valence-corrected chi connectivity index (χ4v) is 4.67. The molecule has 0 radical (unpaired) electrons. The molecule has 2 nitrogen and oxygen atoms in total. The zero-order valence-corrected chi connectivity index (χ0v) is 21.1. The lowest BCUT2D eigenvalue weighted by Crippen LogP contribution is -2.29. The van der Waals surface area contributed by atoms with E-state index in [-0.39, 0.29) is 6.61 Å². The standard InChI is InChI=1S/C28H58O2/c1-3-5-7-9-11-13-15-17-19-21-24-28(30,26-23-27-29)25-22-20-18-16-14-12-10-8-6-4-2/h29-30H,3-27H2,1-2H3. The van der Waals surface area contributed by atoms with Crippen molar-refractivity contribution in [3.05, 3.63) is 0 Å². The maximum absolute atomic E-state index is 11.1. The largest absolute Gasteiger partial charge is 0.396 e. The first kappa shape index (κ1) is 29.9. The van der Waals surface area contributed by atoms with Crippen LogP contribution in [0.5, 0.6) is 0 Å². The van der Waals surface area contributed by atoms with E-state index in [4.69, 9.17) is 0 Å². The van der Waals surface area contributed by atoms with E-state index in [1.165, 1.54) is 116 Å². The summed E-state index contributed by atoms with van der Waals surface area (Å²) in [6.07, 6.45) is 30.2. The number of aliphatic hydroxyl groups excluding tert-OH is 1. The lowest BCUT2D eigenvalue weighted by molar-refractivity contribution is 0.00392. The first-order valence-electron chi connectivity index (χ1n) is 14.0.